The topological polar surface area (TPSA) is 35.5 Å². The van der Waals surface area contributed by atoms with E-state index >= 15 is 0 Å². The summed E-state index contributed by atoms with van der Waals surface area (Å²) in [4.78, 5) is 1.95. The first-order valence-corrected chi connectivity index (χ1v) is 7.84. The number of anilines is 1. The van der Waals surface area contributed by atoms with E-state index in [0.717, 1.165) is 38.8 Å². The van der Waals surface area contributed by atoms with Crippen molar-refractivity contribution in [3.63, 3.8) is 0 Å². The van der Waals surface area contributed by atoms with Gasteiger partial charge in [0.15, 0.2) is 0 Å². The molecule has 0 aliphatic rings. The average molecular weight is 296 g/mol. The monoisotopic (exact) mass is 296 g/mol. The first kappa shape index (κ1) is 17.9. The van der Waals surface area contributed by atoms with E-state index in [-0.39, 0.29) is 18.0 Å². The van der Waals surface area contributed by atoms with E-state index in [0.29, 0.717) is 5.69 Å². The van der Waals surface area contributed by atoms with Gasteiger partial charge in [0.05, 0.1) is 12.3 Å². The molecule has 0 aromatic heterocycles. The normalized spacial score (nSPS) is 14.0. The van der Waals surface area contributed by atoms with Gasteiger partial charge in [0.25, 0.3) is 0 Å². The van der Waals surface area contributed by atoms with E-state index in [1.165, 1.54) is 6.07 Å². The second-order valence-corrected chi connectivity index (χ2v) is 5.98. The van der Waals surface area contributed by atoms with Gasteiger partial charge in [-0.1, -0.05) is 19.1 Å². The van der Waals surface area contributed by atoms with E-state index in [1.807, 2.05) is 18.0 Å². The molecule has 1 aromatic rings. The minimum Gasteiger partial charge on any atom is -0.394 e. The number of aliphatic hydroxyl groups is 1. The average Bonchev–Trinajstić information content (AvgIpc) is 2.50. The number of halogens is 1. The lowest BCUT2D eigenvalue weighted by molar-refractivity contribution is 0.163. The Labute approximate surface area is 128 Å². The van der Waals surface area contributed by atoms with Gasteiger partial charge < -0.3 is 15.3 Å². The first-order chi connectivity index (χ1) is 10.0. The van der Waals surface area contributed by atoms with Crippen molar-refractivity contribution in [1.82, 2.24) is 5.32 Å². The van der Waals surface area contributed by atoms with Crippen LogP contribution in [0, 0.1) is 5.82 Å². The van der Waals surface area contributed by atoms with Crippen molar-refractivity contribution in [2.45, 2.75) is 45.1 Å². The predicted molar refractivity (Wildman–Crippen MR) is 87.3 cm³/mol. The fourth-order valence-corrected chi connectivity index (χ4v) is 2.40. The van der Waals surface area contributed by atoms with Crippen molar-refractivity contribution in [3.05, 3.63) is 30.1 Å². The van der Waals surface area contributed by atoms with Crippen molar-refractivity contribution < 1.29 is 9.50 Å². The highest BCUT2D eigenvalue weighted by Gasteiger charge is 2.21. The van der Waals surface area contributed by atoms with E-state index in [1.54, 1.807) is 12.1 Å². The summed E-state index contributed by atoms with van der Waals surface area (Å²) in [5, 5.41) is 12.9. The third-order valence-electron chi connectivity index (χ3n) is 3.89. The zero-order valence-corrected chi connectivity index (χ0v) is 13.5. The fraction of sp³-hybridized carbons (Fsp3) is 0.647. The van der Waals surface area contributed by atoms with Crippen molar-refractivity contribution in [3.8, 4) is 0 Å². The maximum absolute atomic E-state index is 13.6. The van der Waals surface area contributed by atoms with Crippen molar-refractivity contribution >= 4 is 5.69 Å². The minimum atomic E-state index is -0.202. The van der Waals surface area contributed by atoms with Crippen molar-refractivity contribution in [1.29, 1.82) is 0 Å². The molecule has 4 heteroatoms. The summed E-state index contributed by atoms with van der Waals surface area (Å²) < 4.78 is 13.6. The largest absolute Gasteiger partial charge is 0.394 e. The third kappa shape index (κ3) is 6.02. The molecule has 0 fully saturated rings. The Hall–Kier alpha value is -1.13. The van der Waals surface area contributed by atoms with Crippen LogP contribution in [0.25, 0.3) is 0 Å². The molecule has 0 heterocycles. The predicted octanol–water partition coefficient (Wildman–Crippen LogP) is 3.18. The molecule has 0 saturated carbocycles. The number of rotatable bonds is 10. The molecule has 3 nitrogen and oxygen atoms in total. The molecule has 21 heavy (non-hydrogen) atoms. The molecule has 0 bridgehead atoms. The van der Waals surface area contributed by atoms with Gasteiger partial charge in [0.2, 0.25) is 0 Å². The minimum absolute atomic E-state index is 0.149. The Balaban J connectivity index is 2.34. The van der Waals surface area contributed by atoms with Crippen LogP contribution in [-0.4, -0.2) is 37.4 Å². The molecule has 0 radical (unpaired) electrons. The van der Waals surface area contributed by atoms with Gasteiger partial charge in [0.1, 0.15) is 5.82 Å². The van der Waals surface area contributed by atoms with Crippen LogP contribution in [0.4, 0.5) is 10.1 Å². The Morgan fingerprint density at radius 3 is 2.62 bits per heavy atom. The molecule has 1 atom stereocenters. The van der Waals surface area contributed by atoms with Gasteiger partial charge in [0, 0.05) is 19.1 Å². The maximum atomic E-state index is 13.6. The fourth-order valence-electron chi connectivity index (χ4n) is 2.40. The van der Waals surface area contributed by atoms with Crippen LogP contribution in [0.1, 0.15) is 39.5 Å². The van der Waals surface area contributed by atoms with Crippen LogP contribution in [0.3, 0.4) is 0 Å². The number of nitrogens with zero attached hydrogens (tertiary/aromatic N) is 1. The number of para-hydroxylation sites is 1. The Morgan fingerprint density at radius 2 is 2.00 bits per heavy atom. The molecule has 1 rings (SSSR count). The summed E-state index contributed by atoms with van der Waals surface area (Å²) in [5.74, 6) is -0.176. The van der Waals surface area contributed by atoms with Gasteiger partial charge in [-0.05, 0) is 51.3 Å². The molecule has 0 aliphatic carbocycles. The summed E-state index contributed by atoms with van der Waals surface area (Å²) in [5.41, 5.74) is 0.443. The quantitative estimate of drug-likeness (QED) is 0.651. The van der Waals surface area contributed by atoms with Crippen LogP contribution in [0.2, 0.25) is 0 Å². The summed E-state index contributed by atoms with van der Waals surface area (Å²) >= 11 is 0. The molecular weight excluding hydrogens is 267 g/mol. The van der Waals surface area contributed by atoms with Gasteiger partial charge in [-0.2, -0.15) is 0 Å². The van der Waals surface area contributed by atoms with Gasteiger partial charge in [-0.15, -0.1) is 0 Å². The Morgan fingerprint density at radius 1 is 1.29 bits per heavy atom. The van der Waals surface area contributed by atoms with Gasteiger partial charge >= 0.3 is 0 Å². The van der Waals surface area contributed by atoms with E-state index in [2.05, 4.69) is 19.2 Å². The molecule has 0 amide bonds. The SMILES string of the molecule is CCCNC(C)(CO)CCCCN(C)c1ccccc1F. The number of benzene rings is 1. The van der Waals surface area contributed by atoms with E-state index in [4.69, 9.17) is 0 Å². The lowest BCUT2D eigenvalue weighted by atomic mass is 9.95. The zero-order chi connectivity index (χ0) is 15.7. The number of aliphatic hydroxyl groups excluding tert-OH is 1. The van der Waals surface area contributed by atoms with Crippen molar-refractivity contribution in [2.75, 3.05) is 31.6 Å². The summed E-state index contributed by atoms with van der Waals surface area (Å²) in [6.45, 7) is 6.07. The van der Waals surface area contributed by atoms with Crippen LogP contribution in [0.5, 0.6) is 0 Å². The van der Waals surface area contributed by atoms with Crippen LogP contribution < -0.4 is 10.2 Å². The van der Waals surface area contributed by atoms with Crippen molar-refractivity contribution in [2.24, 2.45) is 0 Å². The molecule has 2 N–H and O–H groups in total. The molecule has 120 valence electrons. The summed E-state index contributed by atoms with van der Waals surface area (Å²) in [7, 11) is 1.92. The highest BCUT2D eigenvalue weighted by atomic mass is 19.1. The van der Waals surface area contributed by atoms with Crippen LogP contribution in [0.15, 0.2) is 24.3 Å². The zero-order valence-electron chi connectivity index (χ0n) is 13.5. The maximum Gasteiger partial charge on any atom is 0.146 e. The summed E-state index contributed by atoms with van der Waals surface area (Å²) in [6.07, 6.45) is 3.97. The standard InChI is InChI=1S/C17H29FN2O/c1-4-12-19-17(2,14-21)11-7-8-13-20(3)16-10-6-5-9-15(16)18/h5-6,9-10,19,21H,4,7-8,11-14H2,1-3H3. The lowest BCUT2D eigenvalue weighted by Crippen LogP contribution is -2.46. The van der Waals surface area contributed by atoms with Crippen LogP contribution in [-0.2, 0) is 0 Å². The third-order valence-corrected chi connectivity index (χ3v) is 3.89. The Bertz CT molecular complexity index is 414. The molecular formula is C17H29FN2O. The highest BCUT2D eigenvalue weighted by molar-refractivity contribution is 5.46. The molecule has 0 aliphatic heterocycles. The molecule has 1 unspecified atom stereocenters. The first-order valence-electron chi connectivity index (χ1n) is 7.84. The second-order valence-electron chi connectivity index (χ2n) is 5.98. The highest BCUT2D eigenvalue weighted by Crippen LogP contribution is 2.19. The molecule has 0 saturated heterocycles. The van der Waals surface area contributed by atoms with Gasteiger partial charge in [-0.3, -0.25) is 0 Å². The van der Waals surface area contributed by atoms with E-state index < -0.39 is 0 Å². The lowest BCUT2D eigenvalue weighted by Gasteiger charge is -2.29. The number of nitrogens with one attached hydrogen (secondary N) is 1. The second kappa shape index (κ2) is 9.00. The molecule has 0 spiro atoms. The van der Waals surface area contributed by atoms with Crippen LogP contribution >= 0.6 is 0 Å². The number of hydrogen-bond donors (Lipinski definition) is 2. The summed E-state index contributed by atoms with van der Waals surface area (Å²) in [6, 6.07) is 6.85. The van der Waals surface area contributed by atoms with E-state index in [9.17, 15) is 9.50 Å². The smallest absolute Gasteiger partial charge is 0.146 e. The molecule has 1 aromatic carbocycles. The number of unbranched alkanes of at least 4 members (excludes halogenated alkanes) is 1. The Kier molecular flexibility index (Phi) is 7.68. The van der Waals surface area contributed by atoms with Gasteiger partial charge in [-0.25, -0.2) is 4.39 Å². The number of hydrogen-bond acceptors (Lipinski definition) is 3.